The number of alkyl halides is 2. The molecule has 0 unspecified atom stereocenters. The summed E-state index contributed by atoms with van der Waals surface area (Å²) in [5, 5.41) is 3.28. The lowest BCUT2D eigenvalue weighted by molar-refractivity contribution is -0.114. The van der Waals surface area contributed by atoms with Crippen LogP contribution < -0.4 is 10.1 Å². The first-order chi connectivity index (χ1) is 16.3. The van der Waals surface area contributed by atoms with E-state index in [9.17, 15) is 9.59 Å². The Morgan fingerprint density at radius 1 is 1.29 bits per heavy atom. The molecule has 1 aromatic heterocycles. The SMILES string of the molecule is CCOC(=O)c1c(NC(=O)C(Cl)Cl)sc2c1[C@@]1(C)CC[C@H]3c4ccc(OC)cc4CC[C@@H]3[C@@H]1C2. The number of benzene rings is 1. The number of halogens is 2. The molecule has 182 valence electrons. The van der Waals surface area contributed by atoms with Crippen LogP contribution in [0.1, 0.15) is 71.0 Å². The minimum Gasteiger partial charge on any atom is -0.497 e. The molecule has 0 saturated heterocycles. The maximum atomic E-state index is 13.1. The van der Waals surface area contributed by atoms with E-state index in [1.807, 2.05) is 0 Å². The van der Waals surface area contributed by atoms with Crippen molar-refractivity contribution in [3.63, 3.8) is 0 Å². The number of esters is 1. The van der Waals surface area contributed by atoms with Gasteiger partial charge in [-0.05, 0) is 91.0 Å². The topological polar surface area (TPSA) is 64.6 Å². The summed E-state index contributed by atoms with van der Waals surface area (Å²) in [6.07, 6.45) is 5.16. The number of hydrogen-bond acceptors (Lipinski definition) is 5. The minimum absolute atomic E-state index is 0.136. The fraction of sp³-hybridized carbons (Fsp3) is 0.538. The maximum absolute atomic E-state index is 13.1. The Morgan fingerprint density at radius 3 is 2.79 bits per heavy atom. The van der Waals surface area contributed by atoms with Gasteiger partial charge in [-0.25, -0.2) is 4.79 Å². The number of amides is 1. The number of anilines is 1. The zero-order chi connectivity index (χ0) is 24.2. The van der Waals surface area contributed by atoms with Crippen LogP contribution in [0.2, 0.25) is 0 Å². The molecule has 1 saturated carbocycles. The van der Waals surface area contributed by atoms with Gasteiger partial charge >= 0.3 is 5.97 Å². The van der Waals surface area contributed by atoms with E-state index in [0.29, 0.717) is 28.3 Å². The summed E-state index contributed by atoms with van der Waals surface area (Å²) in [4.78, 5) is 25.3. The predicted molar refractivity (Wildman–Crippen MR) is 136 cm³/mol. The molecule has 1 amide bonds. The lowest BCUT2D eigenvalue weighted by atomic mass is 9.54. The van der Waals surface area contributed by atoms with E-state index in [4.69, 9.17) is 32.7 Å². The highest BCUT2D eigenvalue weighted by molar-refractivity contribution is 7.17. The van der Waals surface area contributed by atoms with Crippen LogP contribution in [0.4, 0.5) is 5.00 Å². The predicted octanol–water partition coefficient (Wildman–Crippen LogP) is 6.25. The molecule has 2 aromatic rings. The van der Waals surface area contributed by atoms with E-state index in [1.165, 1.54) is 27.3 Å². The standard InChI is InChI=1S/C26H29Cl2NO4S/c1-4-33-25(31)20-21-19(34-24(20)29-23(30)22(27)28)12-18-17-7-5-13-11-14(32-3)6-8-15(13)16(17)9-10-26(18,21)2/h6,8,11,16-18,22H,4-5,7,9-10,12H2,1-3H3,(H,29,30)/t16-,17-,18-,26-/m0/s1. The van der Waals surface area contributed by atoms with Gasteiger partial charge in [0.25, 0.3) is 5.91 Å². The Bertz CT molecular complexity index is 1150. The first-order valence-corrected chi connectivity index (χ1v) is 13.6. The van der Waals surface area contributed by atoms with Gasteiger partial charge in [-0.3, -0.25) is 4.79 Å². The van der Waals surface area contributed by atoms with E-state index in [2.05, 4.69) is 30.4 Å². The van der Waals surface area contributed by atoms with Crippen LogP contribution in [0.25, 0.3) is 0 Å². The monoisotopic (exact) mass is 521 g/mol. The van der Waals surface area contributed by atoms with Gasteiger partial charge in [0.05, 0.1) is 19.3 Å². The number of ether oxygens (including phenoxy) is 2. The average Bonchev–Trinajstić information content (AvgIpc) is 3.32. The van der Waals surface area contributed by atoms with Gasteiger partial charge in [-0.1, -0.05) is 36.2 Å². The number of methoxy groups -OCH3 is 1. The third kappa shape index (κ3) is 3.73. The van der Waals surface area contributed by atoms with Crippen LogP contribution in [0, 0.1) is 11.8 Å². The van der Waals surface area contributed by atoms with Crippen LogP contribution in [0.3, 0.4) is 0 Å². The highest BCUT2D eigenvalue weighted by Gasteiger charge is 2.55. The molecule has 0 radical (unpaired) electrons. The van der Waals surface area contributed by atoms with Gasteiger partial charge in [-0.2, -0.15) is 0 Å². The van der Waals surface area contributed by atoms with E-state index in [1.54, 1.807) is 14.0 Å². The van der Waals surface area contributed by atoms with Crippen molar-refractivity contribution in [2.45, 2.75) is 62.1 Å². The van der Waals surface area contributed by atoms with Crippen LogP contribution in [0.15, 0.2) is 18.2 Å². The van der Waals surface area contributed by atoms with Crippen LogP contribution in [-0.4, -0.2) is 30.4 Å². The molecule has 1 fully saturated rings. The van der Waals surface area contributed by atoms with E-state index in [-0.39, 0.29) is 18.0 Å². The number of rotatable bonds is 5. The Hall–Kier alpha value is -1.76. The molecule has 3 aliphatic carbocycles. The quantitative estimate of drug-likeness (QED) is 0.373. The maximum Gasteiger partial charge on any atom is 0.341 e. The van der Waals surface area contributed by atoms with Crippen molar-refractivity contribution in [1.82, 2.24) is 0 Å². The number of thiophene rings is 1. The number of carbonyl (C=O) groups excluding carboxylic acids is 2. The van der Waals surface area contributed by atoms with Crippen molar-refractivity contribution in [3.05, 3.63) is 45.3 Å². The van der Waals surface area contributed by atoms with Gasteiger partial charge in [0, 0.05) is 4.88 Å². The summed E-state index contributed by atoms with van der Waals surface area (Å²) >= 11 is 13.0. The molecule has 0 bridgehead atoms. The summed E-state index contributed by atoms with van der Waals surface area (Å²) < 4.78 is 10.9. The number of nitrogens with one attached hydrogen (secondary N) is 1. The lowest BCUT2D eigenvalue weighted by Crippen LogP contribution is -2.43. The Labute approximate surface area is 214 Å². The number of carbonyl (C=O) groups is 2. The molecular formula is C26H29Cl2NO4S. The molecule has 8 heteroatoms. The van der Waals surface area contributed by atoms with Crippen molar-refractivity contribution >= 4 is 51.4 Å². The Balaban J connectivity index is 1.52. The summed E-state index contributed by atoms with van der Waals surface area (Å²) in [7, 11) is 1.72. The fourth-order valence-electron chi connectivity index (χ4n) is 6.77. The minimum atomic E-state index is -1.20. The number of fused-ring (bicyclic) bond motifs is 7. The zero-order valence-electron chi connectivity index (χ0n) is 19.6. The van der Waals surface area contributed by atoms with E-state index >= 15 is 0 Å². The molecule has 0 aliphatic heterocycles. The van der Waals surface area contributed by atoms with Gasteiger partial charge in [0.1, 0.15) is 10.8 Å². The summed E-state index contributed by atoms with van der Waals surface area (Å²) in [5.74, 6) is 1.54. The molecule has 0 spiro atoms. The van der Waals surface area contributed by atoms with Crippen molar-refractivity contribution in [3.8, 4) is 5.75 Å². The Morgan fingerprint density at radius 2 is 2.09 bits per heavy atom. The third-order valence-corrected chi connectivity index (χ3v) is 9.72. The van der Waals surface area contributed by atoms with Crippen molar-refractivity contribution in [2.24, 2.45) is 11.8 Å². The molecular weight excluding hydrogens is 493 g/mol. The molecule has 4 atom stereocenters. The van der Waals surface area contributed by atoms with Gasteiger partial charge in [0.2, 0.25) is 0 Å². The fourth-order valence-corrected chi connectivity index (χ4v) is 8.27. The number of aryl methyl sites for hydroxylation is 1. The first-order valence-electron chi connectivity index (χ1n) is 11.9. The van der Waals surface area contributed by atoms with Crippen LogP contribution in [-0.2, 0) is 27.8 Å². The summed E-state index contributed by atoms with van der Waals surface area (Å²) in [5.41, 5.74) is 4.29. The Kier molecular flexibility index (Phi) is 6.36. The van der Waals surface area contributed by atoms with E-state index in [0.717, 1.165) is 43.4 Å². The summed E-state index contributed by atoms with van der Waals surface area (Å²) in [6.45, 7) is 4.37. The molecule has 1 N–H and O–H groups in total. The number of hydrogen-bond donors (Lipinski definition) is 1. The first kappa shape index (κ1) is 24.0. The van der Waals surface area contributed by atoms with Gasteiger partial charge in [0.15, 0.2) is 4.84 Å². The average molecular weight is 522 g/mol. The smallest absolute Gasteiger partial charge is 0.341 e. The normalized spacial score (nSPS) is 26.8. The molecule has 5 nitrogen and oxygen atoms in total. The van der Waals surface area contributed by atoms with Gasteiger partial charge < -0.3 is 14.8 Å². The van der Waals surface area contributed by atoms with Gasteiger partial charge in [-0.15, -0.1) is 11.3 Å². The molecule has 1 heterocycles. The molecule has 3 aliphatic rings. The second-order valence-corrected chi connectivity index (χ2v) is 12.0. The zero-order valence-corrected chi connectivity index (χ0v) is 21.9. The molecule has 5 rings (SSSR count). The van der Waals surface area contributed by atoms with Crippen molar-refractivity contribution < 1.29 is 19.1 Å². The second-order valence-electron chi connectivity index (χ2n) is 9.76. The van der Waals surface area contributed by atoms with Crippen molar-refractivity contribution in [2.75, 3.05) is 19.0 Å². The van der Waals surface area contributed by atoms with Crippen LogP contribution in [0.5, 0.6) is 5.75 Å². The highest BCUT2D eigenvalue weighted by atomic mass is 35.5. The highest BCUT2D eigenvalue weighted by Crippen LogP contribution is 2.63. The molecule has 34 heavy (non-hydrogen) atoms. The third-order valence-electron chi connectivity index (χ3n) is 8.20. The second kappa shape index (κ2) is 9.03. The lowest BCUT2D eigenvalue weighted by Gasteiger charge is -2.49. The van der Waals surface area contributed by atoms with Crippen molar-refractivity contribution in [1.29, 1.82) is 0 Å². The largest absolute Gasteiger partial charge is 0.497 e. The molecule has 1 aromatic carbocycles. The summed E-state index contributed by atoms with van der Waals surface area (Å²) in [6, 6.07) is 6.53. The van der Waals surface area contributed by atoms with Crippen LogP contribution >= 0.6 is 34.5 Å². The van der Waals surface area contributed by atoms with E-state index < -0.39 is 10.7 Å².